The number of carbonyl (C=O) groups excluding carboxylic acids is 1. The van der Waals surface area contributed by atoms with E-state index in [2.05, 4.69) is 0 Å². The molecule has 0 bridgehead atoms. The van der Waals surface area contributed by atoms with Crippen LogP contribution in [0.5, 0.6) is 5.75 Å². The lowest BCUT2D eigenvalue weighted by Crippen LogP contribution is -2.40. The largest absolute Gasteiger partial charge is 0.490 e. The molecule has 2 aliphatic rings. The van der Waals surface area contributed by atoms with Crippen molar-refractivity contribution in [2.75, 3.05) is 0 Å². The monoisotopic (exact) mass is 418 g/mol. The number of hydrogen-bond acceptors (Lipinski definition) is 3. The average Bonchev–Trinajstić information content (AvgIpc) is 3.04. The fourth-order valence-corrected chi connectivity index (χ4v) is 4.19. The van der Waals surface area contributed by atoms with Gasteiger partial charge in [0.25, 0.3) is 5.91 Å². The summed E-state index contributed by atoms with van der Waals surface area (Å²) in [5, 5.41) is 8.88. The molecule has 1 aliphatic carbocycles. The molecule has 4 nitrogen and oxygen atoms in total. The Morgan fingerprint density at radius 1 is 1.07 bits per heavy atom. The van der Waals surface area contributed by atoms with Crippen molar-refractivity contribution in [1.82, 2.24) is 4.90 Å². The lowest BCUT2D eigenvalue weighted by atomic mass is 9.92. The summed E-state index contributed by atoms with van der Waals surface area (Å²) in [5.74, 6) is -0.553. The van der Waals surface area contributed by atoms with Crippen LogP contribution in [0.1, 0.15) is 52.7 Å². The first-order valence-corrected chi connectivity index (χ1v) is 9.63. The highest BCUT2D eigenvalue weighted by Crippen LogP contribution is 2.36. The first kappa shape index (κ1) is 20.2. The van der Waals surface area contributed by atoms with Gasteiger partial charge in [0.1, 0.15) is 11.6 Å². The first-order chi connectivity index (χ1) is 14.3. The van der Waals surface area contributed by atoms with Gasteiger partial charge in [-0.15, -0.1) is 0 Å². The number of amides is 1. The number of carbonyl (C=O) groups is 1. The fraction of sp³-hybridized carbons (Fsp3) is 0.364. The van der Waals surface area contributed by atoms with Crippen LogP contribution in [-0.2, 0) is 12.7 Å². The molecule has 156 valence electrons. The van der Waals surface area contributed by atoms with Crippen LogP contribution < -0.4 is 4.74 Å². The molecule has 0 atom stereocenters. The molecule has 8 heteroatoms. The third kappa shape index (κ3) is 3.84. The minimum Gasteiger partial charge on any atom is -0.490 e. The number of halogens is 4. The van der Waals surface area contributed by atoms with E-state index in [-0.39, 0.29) is 23.8 Å². The predicted octanol–water partition coefficient (Wildman–Crippen LogP) is 5.06. The van der Waals surface area contributed by atoms with Gasteiger partial charge in [0.2, 0.25) is 0 Å². The minimum atomic E-state index is -4.63. The van der Waals surface area contributed by atoms with Crippen LogP contribution >= 0.6 is 0 Å². The highest BCUT2D eigenvalue weighted by Gasteiger charge is 2.36. The highest BCUT2D eigenvalue weighted by atomic mass is 19.4. The average molecular weight is 418 g/mol. The van der Waals surface area contributed by atoms with E-state index in [1.807, 2.05) is 0 Å². The SMILES string of the molecule is N#Cc1ccc(O[C@H]2CC[C@H](N3Cc4ccc(F)cc4C3=O)CC2)cc1C(F)(F)F. The van der Waals surface area contributed by atoms with Crippen LogP contribution in [-0.4, -0.2) is 23.0 Å². The Kier molecular flexibility index (Phi) is 5.14. The lowest BCUT2D eigenvalue weighted by molar-refractivity contribution is -0.137. The van der Waals surface area contributed by atoms with E-state index >= 15 is 0 Å². The van der Waals surface area contributed by atoms with Gasteiger partial charge in [-0.05, 0) is 61.6 Å². The molecular weight excluding hydrogens is 400 g/mol. The molecular formula is C22H18F4N2O2. The molecule has 1 amide bonds. The van der Waals surface area contributed by atoms with Gasteiger partial charge in [-0.2, -0.15) is 18.4 Å². The molecule has 4 rings (SSSR count). The number of nitriles is 1. The second-order valence-corrected chi connectivity index (χ2v) is 7.60. The molecule has 0 radical (unpaired) electrons. The molecule has 1 fully saturated rings. The third-order valence-corrected chi connectivity index (χ3v) is 5.71. The first-order valence-electron chi connectivity index (χ1n) is 9.63. The number of benzene rings is 2. The van der Waals surface area contributed by atoms with Crippen molar-refractivity contribution in [3.05, 3.63) is 64.5 Å². The highest BCUT2D eigenvalue weighted by molar-refractivity contribution is 5.98. The maximum absolute atomic E-state index is 13.4. The summed E-state index contributed by atoms with van der Waals surface area (Å²) in [5.41, 5.74) is -0.256. The maximum Gasteiger partial charge on any atom is 0.417 e. The van der Waals surface area contributed by atoms with E-state index in [1.165, 1.54) is 18.2 Å². The van der Waals surface area contributed by atoms with Crippen molar-refractivity contribution in [2.45, 2.75) is 50.6 Å². The molecule has 2 aromatic rings. The Bertz CT molecular complexity index is 1020. The normalized spacial score (nSPS) is 21.3. The van der Waals surface area contributed by atoms with Crippen LogP contribution in [0.4, 0.5) is 17.6 Å². The van der Waals surface area contributed by atoms with Crippen molar-refractivity contribution in [2.24, 2.45) is 0 Å². The molecule has 0 unspecified atom stereocenters. The van der Waals surface area contributed by atoms with Gasteiger partial charge in [0.05, 0.1) is 23.3 Å². The molecule has 30 heavy (non-hydrogen) atoms. The van der Waals surface area contributed by atoms with Crippen LogP contribution in [0.25, 0.3) is 0 Å². The zero-order valence-corrected chi connectivity index (χ0v) is 15.9. The summed E-state index contributed by atoms with van der Waals surface area (Å²) in [6, 6.07) is 9.10. The third-order valence-electron chi connectivity index (χ3n) is 5.71. The Morgan fingerprint density at radius 3 is 2.47 bits per heavy atom. The second kappa shape index (κ2) is 7.63. The molecule has 1 saturated carbocycles. The van der Waals surface area contributed by atoms with Crippen molar-refractivity contribution in [3.8, 4) is 11.8 Å². The number of fused-ring (bicyclic) bond motifs is 1. The number of nitrogens with zero attached hydrogens (tertiary/aromatic N) is 2. The minimum absolute atomic E-state index is 0.0143. The van der Waals surface area contributed by atoms with E-state index < -0.39 is 23.1 Å². The van der Waals surface area contributed by atoms with Gasteiger partial charge in [0, 0.05) is 18.2 Å². The van der Waals surface area contributed by atoms with Gasteiger partial charge >= 0.3 is 6.18 Å². The van der Waals surface area contributed by atoms with Crippen molar-refractivity contribution in [3.63, 3.8) is 0 Å². The Hall–Kier alpha value is -3.08. The van der Waals surface area contributed by atoms with E-state index in [1.54, 1.807) is 17.0 Å². The Morgan fingerprint density at radius 2 is 1.80 bits per heavy atom. The van der Waals surface area contributed by atoms with E-state index in [0.717, 1.165) is 17.7 Å². The summed E-state index contributed by atoms with van der Waals surface area (Å²) < 4.78 is 58.6. The van der Waals surface area contributed by atoms with E-state index in [4.69, 9.17) is 10.00 Å². The van der Waals surface area contributed by atoms with Gasteiger partial charge < -0.3 is 9.64 Å². The molecule has 1 heterocycles. The van der Waals surface area contributed by atoms with E-state index in [0.29, 0.717) is 37.8 Å². The lowest BCUT2D eigenvalue weighted by Gasteiger charge is -2.34. The number of hydrogen-bond donors (Lipinski definition) is 0. The molecule has 0 N–H and O–H groups in total. The summed E-state index contributed by atoms with van der Waals surface area (Å²) in [6.07, 6.45) is -2.44. The van der Waals surface area contributed by atoms with Crippen LogP contribution in [0.2, 0.25) is 0 Å². The number of rotatable bonds is 3. The van der Waals surface area contributed by atoms with Gasteiger partial charge in [0.15, 0.2) is 0 Å². The Labute approximate surface area is 170 Å². The van der Waals surface area contributed by atoms with Crippen LogP contribution in [0.3, 0.4) is 0 Å². The molecule has 0 saturated heterocycles. The summed E-state index contributed by atoms with van der Waals surface area (Å²) >= 11 is 0. The predicted molar refractivity (Wildman–Crippen MR) is 99.1 cm³/mol. The quantitative estimate of drug-likeness (QED) is 0.655. The number of alkyl halides is 3. The van der Waals surface area contributed by atoms with Crippen molar-refractivity contribution >= 4 is 5.91 Å². The summed E-state index contributed by atoms with van der Waals surface area (Å²) in [6.45, 7) is 0.440. The molecule has 0 aromatic heterocycles. The maximum atomic E-state index is 13.4. The van der Waals surface area contributed by atoms with Gasteiger partial charge in [-0.3, -0.25) is 4.79 Å². The van der Waals surface area contributed by atoms with Gasteiger partial charge in [-0.1, -0.05) is 6.07 Å². The summed E-state index contributed by atoms with van der Waals surface area (Å²) in [4.78, 5) is 14.3. The zero-order chi connectivity index (χ0) is 21.5. The van der Waals surface area contributed by atoms with Crippen molar-refractivity contribution in [1.29, 1.82) is 5.26 Å². The van der Waals surface area contributed by atoms with Crippen LogP contribution in [0.15, 0.2) is 36.4 Å². The van der Waals surface area contributed by atoms with Crippen LogP contribution in [0, 0.1) is 17.1 Å². The Balaban J connectivity index is 1.39. The second-order valence-electron chi connectivity index (χ2n) is 7.60. The molecule has 1 aliphatic heterocycles. The number of ether oxygens (including phenoxy) is 1. The summed E-state index contributed by atoms with van der Waals surface area (Å²) in [7, 11) is 0. The van der Waals surface area contributed by atoms with Crippen molar-refractivity contribution < 1.29 is 27.1 Å². The fourth-order valence-electron chi connectivity index (χ4n) is 4.19. The molecule has 2 aromatic carbocycles. The van der Waals surface area contributed by atoms with E-state index in [9.17, 15) is 22.4 Å². The standard InChI is InChI=1S/C22H18F4N2O2/c23-15-3-1-14-12-28(21(29)19(14)9-15)16-4-7-17(8-5-16)30-18-6-2-13(11-27)20(10-18)22(24,25)26/h1-3,6,9-10,16-17H,4-5,7-8,12H2/t16-,17-. The molecule has 0 spiro atoms. The topological polar surface area (TPSA) is 53.3 Å². The van der Waals surface area contributed by atoms with Gasteiger partial charge in [-0.25, -0.2) is 4.39 Å². The zero-order valence-electron chi connectivity index (χ0n) is 15.9. The smallest absolute Gasteiger partial charge is 0.417 e.